The van der Waals surface area contributed by atoms with Crippen molar-refractivity contribution in [2.75, 3.05) is 20.8 Å². The Balaban J connectivity index is 1.81. The highest BCUT2D eigenvalue weighted by atomic mass is 16.7. The average molecular weight is 515 g/mol. The number of aliphatic hydroxyl groups is 4. The first-order chi connectivity index (χ1) is 17.8. The van der Waals surface area contributed by atoms with Crippen molar-refractivity contribution in [3.63, 3.8) is 0 Å². The van der Waals surface area contributed by atoms with Crippen LogP contribution < -0.4 is 14.2 Å². The van der Waals surface area contributed by atoms with Crippen molar-refractivity contribution in [2.24, 2.45) is 0 Å². The number of hydrogen-bond donors (Lipinski definition) is 4. The first kappa shape index (κ1) is 26.9. The van der Waals surface area contributed by atoms with E-state index >= 15 is 0 Å². The van der Waals surface area contributed by atoms with Crippen molar-refractivity contribution < 1.29 is 39.4 Å². The third-order valence-corrected chi connectivity index (χ3v) is 6.42. The molecule has 1 aromatic heterocycles. The quantitative estimate of drug-likeness (QED) is 0.338. The molecule has 0 saturated carbocycles. The monoisotopic (exact) mass is 514 g/mol. The first-order valence-electron chi connectivity index (χ1n) is 12.1. The zero-order valence-electron chi connectivity index (χ0n) is 21.3. The van der Waals surface area contributed by atoms with E-state index < -0.39 is 37.3 Å². The Morgan fingerprint density at radius 2 is 1.65 bits per heavy atom. The van der Waals surface area contributed by atoms with Crippen LogP contribution in [0.1, 0.15) is 31.0 Å². The van der Waals surface area contributed by atoms with Crippen LogP contribution in [0.25, 0.3) is 11.3 Å². The topological polar surface area (TPSA) is 136 Å². The van der Waals surface area contributed by atoms with Gasteiger partial charge in [0.25, 0.3) is 0 Å². The molecule has 0 radical (unpaired) electrons. The van der Waals surface area contributed by atoms with Crippen LogP contribution in [0, 0.1) is 0 Å². The molecule has 1 aliphatic rings. The van der Waals surface area contributed by atoms with E-state index in [9.17, 15) is 20.4 Å². The summed E-state index contributed by atoms with van der Waals surface area (Å²) in [7, 11) is 3.21. The first-order valence-corrected chi connectivity index (χ1v) is 12.1. The van der Waals surface area contributed by atoms with Gasteiger partial charge in [0, 0.05) is 23.6 Å². The van der Waals surface area contributed by atoms with Gasteiger partial charge in [-0.15, -0.1) is 5.10 Å². The molecule has 0 unspecified atom stereocenters. The molecule has 0 bridgehead atoms. The molecule has 10 nitrogen and oxygen atoms in total. The van der Waals surface area contributed by atoms with Gasteiger partial charge in [-0.3, -0.25) is 4.68 Å². The van der Waals surface area contributed by atoms with E-state index in [1.54, 1.807) is 14.2 Å². The minimum atomic E-state index is -1.56. The predicted molar refractivity (Wildman–Crippen MR) is 135 cm³/mol. The molecular formula is C27H34N2O8. The summed E-state index contributed by atoms with van der Waals surface area (Å²) < 4.78 is 24.2. The SMILES string of the molecule is COc1ccc(Cc2c(O[C@@H]3O[C@H](CO)[C@@H](O)[C@H](O)[C@H]3O)nn(C(C)C)c2-c2cccc(OC)c2)cc1. The fourth-order valence-corrected chi connectivity index (χ4v) is 4.37. The molecule has 3 aromatic rings. The molecule has 5 atom stereocenters. The lowest BCUT2D eigenvalue weighted by Gasteiger charge is -2.39. The normalized spacial score (nSPS) is 23.8. The molecule has 10 heteroatoms. The number of benzene rings is 2. The molecule has 0 spiro atoms. The summed E-state index contributed by atoms with van der Waals surface area (Å²) in [4.78, 5) is 0. The standard InChI is InChI=1S/C27H34N2O8/c1-15(2)29-22(17-6-5-7-19(13-17)35-4)20(12-16-8-10-18(34-3)11-9-16)26(28-29)37-27-25(33)24(32)23(31)21(14-30)36-27/h5-11,13,15,21,23-25,27,30-33H,12,14H2,1-4H3/t21-,23-,24+,25-,27+/m1/s1. The van der Waals surface area contributed by atoms with E-state index in [1.165, 1.54) is 0 Å². The van der Waals surface area contributed by atoms with Gasteiger partial charge in [-0.2, -0.15) is 0 Å². The Morgan fingerprint density at radius 3 is 2.27 bits per heavy atom. The molecule has 0 amide bonds. The Labute approximate surface area is 215 Å². The molecule has 0 aliphatic carbocycles. The van der Waals surface area contributed by atoms with E-state index in [4.69, 9.17) is 24.0 Å². The fourth-order valence-electron chi connectivity index (χ4n) is 4.37. The van der Waals surface area contributed by atoms with Crippen molar-refractivity contribution in [1.82, 2.24) is 9.78 Å². The number of aromatic nitrogens is 2. The lowest BCUT2D eigenvalue weighted by atomic mass is 9.99. The van der Waals surface area contributed by atoms with Gasteiger partial charge in [0.05, 0.1) is 26.5 Å². The molecule has 4 N–H and O–H groups in total. The van der Waals surface area contributed by atoms with Crippen LogP contribution in [0.4, 0.5) is 0 Å². The van der Waals surface area contributed by atoms with Crippen LogP contribution in [0.2, 0.25) is 0 Å². The third kappa shape index (κ3) is 5.58. The third-order valence-electron chi connectivity index (χ3n) is 6.42. The van der Waals surface area contributed by atoms with Gasteiger partial charge in [0.15, 0.2) is 0 Å². The van der Waals surface area contributed by atoms with Crippen molar-refractivity contribution >= 4 is 0 Å². The van der Waals surface area contributed by atoms with Gasteiger partial charge in [0.1, 0.15) is 35.9 Å². The maximum Gasteiger partial charge on any atom is 0.239 e. The van der Waals surface area contributed by atoms with E-state index in [0.717, 1.165) is 28.1 Å². The van der Waals surface area contributed by atoms with E-state index in [0.29, 0.717) is 12.2 Å². The summed E-state index contributed by atoms with van der Waals surface area (Å²) in [6.45, 7) is 3.43. The second-order valence-corrected chi connectivity index (χ2v) is 9.24. The van der Waals surface area contributed by atoms with Crippen molar-refractivity contribution in [1.29, 1.82) is 0 Å². The lowest BCUT2D eigenvalue weighted by molar-refractivity contribution is -0.278. The lowest BCUT2D eigenvalue weighted by Crippen LogP contribution is -2.60. The number of ether oxygens (including phenoxy) is 4. The van der Waals surface area contributed by atoms with Crippen LogP contribution >= 0.6 is 0 Å². The Hall–Kier alpha value is -3.15. The average Bonchev–Trinajstić information content (AvgIpc) is 3.27. The highest BCUT2D eigenvalue weighted by Crippen LogP contribution is 2.37. The largest absolute Gasteiger partial charge is 0.497 e. The zero-order chi connectivity index (χ0) is 26.7. The van der Waals surface area contributed by atoms with Crippen molar-refractivity contribution in [3.8, 4) is 28.6 Å². The maximum atomic E-state index is 10.6. The molecular weight excluding hydrogens is 480 g/mol. The van der Waals surface area contributed by atoms with Gasteiger partial charge >= 0.3 is 0 Å². The summed E-state index contributed by atoms with van der Waals surface area (Å²) in [6.07, 6.45) is -6.64. The Morgan fingerprint density at radius 1 is 0.946 bits per heavy atom. The van der Waals surface area contributed by atoms with E-state index in [2.05, 4.69) is 0 Å². The molecule has 2 heterocycles. The molecule has 200 valence electrons. The number of aliphatic hydroxyl groups excluding tert-OH is 4. The number of nitrogens with zero attached hydrogens (tertiary/aromatic N) is 2. The van der Waals surface area contributed by atoms with Gasteiger partial charge in [-0.25, -0.2) is 0 Å². The van der Waals surface area contributed by atoms with Gasteiger partial charge in [-0.05, 0) is 43.7 Å². The number of rotatable bonds is 9. The maximum absolute atomic E-state index is 10.6. The fraction of sp³-hybridized carbons (Fsp3) is 0.444. The Kier molecular flexibility index (Phi) is 8.35. The molecule has 4 rings (SSSR count). The number of methoxy groups -OCH3 is 2. The highest BCUT2D eigenvalue weighted by molar-refractivity contribution is 5.68. The van der Waals surface area contributed by atoms with E-state index in [-0.39, 0.29) is 11.9 Å². The van der Waals surface area contributed by atoms with Crippen LogP contribution in [0.3, 0.4) is 0 Å². The number of hydrogen-bond acceptors (Lipinski definition) is 9. The van der Waals surface area contributed by atoms with Crippen LogP contribution in [-0.2, 0) is 11.2 Å². The second-order valence-electron chi connectivity index (χ2n) is 9.24. The highest BCUT2D eigenvalue weighted by Gasteiger charge is 2.45. The smallest absolute Gasteiger partial charge is 0.239 e. The molecule has 37 heavy (non-hydrogen) atoms. The second kappa shape index (κ2) is 11.5. The molecule has 1 saturated heterocycles. The van der Waals surface area contributed by atoms with Crippen molar-refractivity contribution in [3.05, 3.63) is 59.7 Å². The van der Waals surface area contributed by atoms with Crippen LogP contribution in [0.15, 0.2) is 48.5 Å². The van der Waals surface area contributed by atoms with Crippen molar-refractivity contribution in [2.45, 2.75) is 57.0 Å². The van der Waals surface area contributed by atoms with E-state index in [1.807, 2.05) is 67.1 Å². The minimum absolute atomic E-state index is 0.0528. The summed E-state index contributed by atoms with van der Waals surface area (Å²) >= 11 is 0. The summed E-state index contributed by atoms with van der Waals surface area (Å²) in [5.74, 6) is 1.61. The van der Waals surface area contributed by atoms with Crippen LogP contribution in [0.5, 0.6) is 17.4 Å². The minimum Gasteiger partial charge on any atom is -0.497 e. The van der Waals surface area contributed by atoms with Gasteiger partial charge in [-0.1, -0.05) is 24.3 Å². The summed E-state index contributed by atoms with van der Waals surface area (Å²) in [5, 5.41) is 45.3. The predicted octanol–water partition coefficient (Wildman–Crippen LogP) is 1.92. The van der Waals surface area contributed by atoms with Crippen LogP contribution in [-0.4, -0.2) is 81.7 Å². The summed E-state index contributed by atoms with van der Waals surface area (Å²) in [5.41, 5.74) is 3.34. The molecule has 1 fully saturated rings. The zero-order valence-corrected chi connectivity index (χ0v) is 21.3. The molecule has 1 aliphatic heterocycles. The molecule has 2 aromatic carbocycles. The summed E-state index contributed by atoms with van der Waals surface area (Å²) in [6, 6.07) is 15.2. The van der Waals surface area contributed by atoms with Gasteiger partial charge < -0.3 is 39.4 Å². The Bertz CT molecular complexity index is 1180. The van der Waals surface area contributed by atoms with Gasteiger partial charge in [0.2, 0.25) is 12.2 Å².